The van der Waals surface area contributed by atoms with Gasteiger partial charge >= 0.3 is 0 Å². The van der Waals surface area contributed by atoms with Crippen LogP contribution in [0.4, 0.5) is 0 Å². The summed E-state index contributed by atoms with van der Waals surface area (Å²) in [6, 6.07) is 18.7. The van der Waals surface area contributed by atoms with Crippen molar-refractivity contribution in [3.8, 4) is 21.8 Å². The molecule has 0 aliphatic carbocycles. The Bertz CT molecular complexity index is 923. The molecule has 138 valence electrons. The Morgan fingerprint density at radius 1 is 1.00 bits per heavy atom. The van der Waals surface area contributed by atoms with Crippen molar-refractivity contribution in [3.05, 3.63) is 65.5 Å². The highest BCUT2D eigenvalue weighted by atomic mass is 32.1. The molecule has 0 saturated heterocycles. The third-order valence-electron chi connectivity index (χ3n) is 3.99. The molecule has 0 aliphatic heterocycles. The van der Waals surface area contributed by atoms with Crippen LogP contribution in [0.2, 0.25) is 0 Å². The molecule has 2 aromatic carbocycles. The van der Waals surface area contributed by atoms with Crippen molar-refractivity contribution in [3.63, 3.8) is 0 Å². The zero-order chi connectivity index (χ0) is 19.2. The minimum atomic E-state index is -0.622. The van der Waals surface area contributed by atoms with Crippen LogP contribution in [0.15, 0.2) is 60.7 Å². The first-order valence-electron chi connectivity index (χ1n) is 8.80. The maximum absolute atomic E-state index is 12.9. The van der Waals surface area contributed by atoms with Crippen LogP contribution >= 0.6 is 11.3 Å². The molecule has 5 nitrogen and oxygen atoms in total. The van der Waals surface area contributed by atoms with Gasteiger partial charge in [-0.05, 0) is 13.8 Å². The lowest BCUT2D eigenvalue weighted by molar-refractivity contribution is -0.122. The van der Waals surface area contributed by atoms with Crippen molar-refractivity contribution in [2.75, 3.05) is 6.54 Å². The quantitative estimate of drug-likeness (QED) is 0.685. The van der Waals surface area contributed by atoms with Crippen LogP contribution < -0.4 is 10.6 Å². The number of carbonyl (C=O) groups is 2. The largest absolute Gasteiger partial charge is 0.355 e. The lowest BCUT2D eigenvalue weighted by atomic mass is 10.1. The number of nitrogens with zero attached hydrogens (tertiary/aromatic N) is 1. The summed E-state index contributed by atoms with van der Waals surface area (Å²) >= 11 is 1.33. The van der Waals surface area contributed by atoms with E-state index < -0.39 is 6.04 Å². The lowest BCUT2D eigenvalue weighted by Crippen LogP contribution is -2.44. The smallest absolute Gasteiger partial charge is 0.264 e. The second kappa shape index (κ2) is 8.60. The number of nitrogens with one attached hydrogen (secondary N) is 2. The van der Waals surface area contributed by atoms with Crippen molar-refractivity contribution in [1.82, 2.24) is 15.6 Å². The molecule has 1 aromatic heterocycles. The Morgan fingerprint density at radius 2 is 1.59 bits per heavy atom. The van der Waals surface area contributed by atoms with Crippen LogP contribution in [0.25, 0.3) is 21.8 Å². The number of rotatable bonds is 6. The minimum absolute atomic E-state index is 0.208. The zero-order valence-electron chi connectivity index (χ0n) is 15.2. The summed E-state index contributed by atoms with van der Waals surface area (Å²) in [4.78, 5) is 30.0. The van der Waals surface area contributed by atoms with E-state index in [4.69, 9.17) is 4.98 Å². The van der Waals surface area contributed by atoms with Crippen molar-refractivity contribution in [2.45, 2.75) is 19.9 Å². The summed E-state index contributed by atoms with van der Waals surface area (Å²) in [5.41, 5.74) is 2.45. The number of thiazole rings is 1. The van der Waals surface area contributed by atoms with Crippen LogP contribution in [0.5, 0.6) is 0 Å². The summed E-state index contributed by atoms with van der Waals surface area (Å²) in [5, 5.41) is 6.26. The number of likely N-dealkylation sites (N-methyl/N-ethyl adjacent to an activating group) is 1. The minimum Gasteiger partial charge on any atom is -0.355 e. The first-order chi connectivity index (χ1) is 13.1. The molecule has 0 aliphatic rings. The van der Waals surface area contributed by atoms with E-state index in [0.717, 1.165) is 16.1 Å². The SMILES string of the molecule is CCNC(=O)[C@H](C)NC(=O)c1sc(-c2ccccc2)nc1-c1ccccc1. The van der Waals surface area contributed by atoms with Gasteiger partial charge in [-0.1, -0.05) is 60.7 Å². The average molecular weight is 379 g/mol. The summed E-state index contributed by atoms with van der Waals surface area (Å²) < 4.78 is 0. The fourth-order valence-corrected chi connectivity index (χ4v) is 3.62. The molecule has 1 atom stereocenters. The molecule has 2 amide bonds. The molecule has 3 aromatic rings. The Hall–Kier alpha value is -2.99. The van der Waals surface area contributed by atoms with E-state index in [2.05, 4.69) is 10.6 Å². The van der Waals surface area contributed by atoms with Crippen LogP contribution in [0.3, 0.4) is 0 Å². The molecule has 1 heterocycles. The van der Waals surface area contributed by atoms with Crippen molar-refractivity contribution < 1.29 is 9.59 Å². The molecule has 0 radical (unpaired) electrons. The van der Waals surface area contributed by atoms with Gasteiger partial charge in [0.1, 0.15) is 15.9 Å². The third kappa shape index (κ3) is 4.41. The van der Waals surface area contributed by atoms with Crippen LogP contribution in [-0.2, 0) is 4.79 Å². The highest BCUT2D eigenvalue weighted by Crippen LogP contribution is 2.33. The molecule has 0 spiro atoms. The van der Waals surface area contributed by atoms with E-state index in [1.54, 1.807) is 6.92 Å². The molecular formula is C21H21N3O2S. The predicted octanol–water partition coefficient (Wildman–Crippen LogP) is 3.73. The van der Waals surface area contributed by atoms with Crippen LogP contribution in [0, 0.1) is 0 Å². The highest BCUT2D eigenvalue weighted by molar-refractivity contribution is 7.17. The van der Waals surface area contributed by atoms with Crippen LogP contribution in [0.1, 0.15) is 23.5 Å². The maximum Gasteiger partial charge on any atom is 0.264 e. The van der Waals surface area contributed by atoms with Gasteiger partial charge in [-0.3, -0.25) is 9.59 Å². The fraction of sp³-hybridized carbons (Fsp3) is 0.190. The molecule has 0 fully saturated rings. The van der Waals surface area contributed by atoms with Gasteiger partial charge in [-0.25, -0.2) is 4.98 Å². The molecule has 0 bridgehead atoms. The highest BCUT2D eigenvalue weighted by Gasteiger charge is 2.23. The maximum atomic E-state index is 12.9. The van der Waals surface area contributed by atoms with Gasteiger partial charge in [0.05, 0.1) is 5.69 Å². The zero-order valence-corrected chi connectivity index (χ0v) is 16.0. The van der Waals surface area contributed by atoms with E-state index in [1.165, 1.54) is 11.3 Å². The van der Waals surface area contributed by atoms with Crippen molar-refractivity contribution >= 4 is 23.2 Å². The monoisotopic (exact) mass is 379 g/mol. The number of hydrogen-bond donors (Lipinski definition) is 2. The first-order valence-corrected chi connectivity index (χ1v) is 9.62. The van der Waals surface area contributed by atoms with Crippen molar-refractivity contribution in [1.29, 1.82) is 0 Å². The number of hydrogen-bond acceptors (Lipinski definition) is 4. The van der Waals surface area contributed by atoms with E-state index >= 15 is 0 Å². The Morgan fingerprint density at radius 3 is 2.19 bits per heavy atom. The van der Waals surface area contributed by atoms with Gasteiger partial charge in [0.25, 0.3) is 5.91 Å². The topological polar surface area (TPSA) is 71.1 Å². The molecule has 27 heavy (non-hydrogen) atoms. The molecule has 6 heteroatoms. The standard InChI is InChI=1S/C21H21N3O2S/c1-3-22-19(25)14(2)23-20(26)18-17(15-10-6-4-7-11-15)24-21(27-18)16-12-8-5-9-13-16/h4-14H,3H2,1-2H3,(H,22,25)(H,23,26)/t14-/m0/s1. The summed E-state index contributed by atoms with van der Waals surface area (Å²) in [6.07, 6.45) is 0. The van der Waals surface area contributed by atoms with Gasteiger partial charge in [-0.15, -0.1) is 11.3 Å². The number of aromatic nitrogens is 1. The van der Waals surface area contributed by atoms with Gasteiger partial charge < -0.3 is 10.6 Å². The Labute approximate surface area is 162 Å². The van der Waals surface area contributed by atoms with Gasteiger partial charge in [0.2, 0.25) is 5.91 Å². The molecule has 0 saturated carbocycles. The third-order valence-corrected chi connectivity index (χ3v) is 5.10. The normalized spacial score (nSPS) is 11.6. The molecule has 0 unspecified atom stereocenters. The Balaban J connectivity index is 1.96. The van der Waals surface area contributed by atoms with E-state index in [0.29, 0.717) is 17.1 Å². The summed E-state index contributed by atoms with van der Waals surface area (Å²) in [7, 11) is 0. The van der Waals surface area contributed by atoms with Crippen LogP contribution in [-0.4, -0.2) is 29.4 Å². The average Bonchev–Trinajstić information content (AvgIpc) is 3.15. The van der Waals surface area contributed by atoms with E-state index in [9.17, 15) is 9.59 Å². The van der Waals surface area contributed by atoms with Gasteiger partial charge in [0.15, 0.2) is 0 Å². The first kappa shape index (κ1) is 18.8. The fourth-order valence-electron chi connectivity index (χ4n) is 2.62. The number of carbonyl (C=O) groups excluding carboxylic acids is 2. The van der Waals surface area contributed by atoms with Gasteiger partial charge in [-0.2, -0.15) is 0 Å². The van der Waals surface area contributed by atoms with Crippen molar-refractivity contribution in [2.24, 2.45) is 0 Å². The summed E-state index contributed by atoms with van der Waals surface area (Å²) in [5.74, 6) is -0.507. The lowest BCUT2D eigenvalue weighted by Gasteiger charge is -2.13. The second-order valence-corrected chi connectivity index (χ2v) is 7.02. The van der Waals surface area contributed by atoms with E-state index in [1.807, 2.05) is 67.6 Å². The van der Waals surface area contributed by atoms with Gasteiger partial charge in [0, 0.05) is 17.7 Å². The number of amides is 2. The number of benzene rings is 2. The molecule has 2 N–H and O–H groups in total. The Kier molecular flexibility index (Phi) is 5.98. The predicted molar refractivity (Wildman–Crippen MR) is 109 cm³/mol. The molecule has 3 rings (SSSR count). The second-order valence-electron chi connectivity index (χ2n) is 6.02. The molecular weight excluding hydrogens is 358 g/mol. The summed E-state index contributed by atoms with van der Waals surface area (Å²) in [6.45, 7) is 4.03. The van der Waals surface area contributed by atoms with E-state index in [-0.39, 0.29) is 11.8 Å².